The first kappa shape index (κ1) is 26.2. The second kappa shape index (κ2) is 10.9. The second-order valence-electron chi connectivity index (χ2n) is 8.82. The maximum atomic E-state index is 13.3. The van der Waals surface area contributed by atoms with Crippen molar-refractivity contribution in [2.45, 2.75) is 44.7 Å². The predicted octanol–water partition coefficient (Wildman–Crippen LogP) is 2.42. The largest absolute Gasteiger partial charge is 0.497 e. The van der Waals surface area contributed by atoms with Crippen molar-refractivity contribution in [3.63, 3.8) is 0 Å². The summed E-state index contributed by atoms with van der Waals surface area (Å²) in [6.45, 7) is 5.83. The summed E-state index contributed by atoms with van der Waals surface area (Å²) in [4.78, 5) is 40.1. The molecule has 188 valence electrons. The van der Waals surface area contributed by atoms with E-state index in [0.717, 1.165) is 9.87 Å². The van der Waals surface area contributed by atoms with Crippen LogP contribution in [0.5, 0.6) is 5.75 Å². The number of carbonyl (C=O) groups is 3. The number of methoxy groups -OCH3 is 1. The summed E-state index contributed by atoms with van der Waals surface area (Å²) in [5, 5.41) is 2.84. The van der Waals surface area contributed by atoms with Crippen LogP contribution in [-0.4, -0.2) is 61.6 Å². The summed E-state index contributed by atoms with van der Waals surface area (Å²) in [6.07, 6.45) is -0.259. The van der Waals surface area contributed by atoms with Gasteiger partial charge in [0.25, 0.3) is 15.9 Å². The third-order valence-electron chi connectivity index (χ3n) is 5.78. The lowest BCUT2D eigenvalue weighted by molar-refractivity contribution is -0.140. The van der Waals surface area contributed by atoms with Crippen LogP contribution in [0.4, 0.5) is 0 Å². The molecule has 10 heteroatoms. The monoisotopic (exact) mass is 501 g/mol. The summed E-state index contributed by atoms with van der Waals surface area (Å²) in [7, 11) is -2.49. The van der Waals surface area contributed by atoms with E-state index in [-0.39, 0.29) is 41.8 Å². The minimum absolute atomic E-state index is 0.0629. The zero-order chi connectivity index (χ0) is 25.8. The number of rotatable bonds is 10. The van der Waals surface area contributed by atoms with Crippen LogP contribution in [0.15, 0.2) is 53.4 Å². The summed E-state index contributed by atoms with van der Waals surface area (Å²) in [5.74, 6) is -0.568. The molecule has 3 amide bonds. The van der Waals surface area contributed by atoms with Crippen molar-refractivity contribution in [1.82, 2.24) is 14.5 Å². The molecule has 2 aromatic carbocycles. The van der Waals surface area contributed by atoms with Gasteiger partial charge < -0.3 is 15.0 Å². The van der Waals surface area contributed by atoms with Gasteiger partial charge in [0.1, 0.15) is 16.7 Å². The molecule has 0 radical (unpaired) electrons. The first-order valence-electron chi connectivity index (χ1n) is 11.4. The van der Waals surface area contributed by atoms with E-state index in [2.05, 4.69) is 5.32 Å². The van der Waals surface area contributed by atoms with Crippen LogP contribution in [0.1, 0.15) is 43.1 Å². The maximum absolute atomic E-state index is 13.3. The summed E-state index contributed by atoms with van der Waals surface area (Å²) in [6, 6.07) is 12.3. The van der Waals surface area contributed by atoms with Crippen LogP contribution in [0.2, 0.25) is 0 Å². The Hall–Kier alpha value is -3.40. The summed E-state index contributed by atoms with van der Waals surface area (Å²) in [5.41, 5.74) is 0.841. The van der Waals surface area contributed by atoms with Crippen molar-refractivity contribution in [1.29, 1.82) is 0 Å². The van der Waals surface area contributed by atoms with E-state index in [4.69, 9.17) is 4.74 Å². The Morgan fingerprint density at radius 1 is 1.09 bits per heavy atom. The maximum Gasteiger partial charge on any atom is 0.269 e. The first-order valence-corrected chi connectivity index (χ1v) is 12.9. The number of carbonyl (C=O) groups excluding carboxylic acids is 3. The van der Waals surface area contributed by atoms with Crippen molar-refractivity contribution in [3.05, 3.63) is 59.7 Å². The Kier molecular flexibility index (Phi) is 8.16. The second-order valence-corrected chi connectivity index (χ2v) is 10.6. The van der Waals surface area contributed by atoms with Gasteiger partial charge in [-0.05, 0) is 42.7 Å². The molecule has 0 unspecified atom stereocenters. The van der Waals surface area contributed by atoms with Crippen molar-refractivity contribution >= 4 is 27.7 Å². The number of benzene rings is 2. The lowest BCUT2D eigenvalue weighted by Gasteiger charge is -2.29. The van der Waals surface area contributed by atoms with Crippen LogP contribution >= 0.6 is 0 Å². The Morgan fingerprint density at radius 3 is 2.46 bits per heavy atom. The third kappa shape index (κ3) is 5.82. The highest BCUT2D eigenvalue weighted by Gasteiger charge is 2.41. The molecule has 0 aromatic heterocycles. The molecule has 1 aliphatic heterocycles. The van der Waals surface area contributed by atoms with Gasteiger partial charge in [-0.2, -0.15) is 0 Å². The van der Waals surface area contributed by atoms with E-state index in [1.165, 1.54) is 24.1 Å². The fourth-order valence-corrected chi connectivity index (χ4v) is 5.37. The van der Waals surface area contributed by atoms with Crippen LogP contribution in [0.25, 0.3) is 0 Å². The number of hydrogen-bond donors (Lipinski definition) is 1. The number of fused-ring (bicyclic) bond motifs is 1. The minimum atomic E-state index is -4.02. The standard InChI is InChI=1S/C25H31N3O6S/c1-17(2)15-26-24(30)18(3)27(16-19-8-7-9-20(14-19)34-4)23(29)12-13-28-25(31)21-10-5-6-11-22(21)35(28,32)33/h5-11,14,17-18H,12-13,15-16H2,1-4H3,(H,26,30)/t18-/m0/s1. The normalized spacial score (nSPS) is 15.0. The molecule has 0 bridgehead atoms. The Balaban J connectivity index is 1.79. The van der Waals surface area contributed by atoms with Gasteiger partial charge >= 0.3 is 0 Å². The smallest absolute Gasteiger partial charge is 0.269 e. The molecule has 2 aromatic rings. The van der Waals surface area contributed by atoms with Crippen molar-refractivity contribution in [3.8, 4) is 5.75 Å². The minimum Gasteiger partial charge on any atom is -0.497 e. The fourth-order valence-electron chi connectivity index (χ4n) is 3.80. The fraction of sp³-hybridized carbons (Fsp3) is 0.400. The lowest BCUT2D eigenvalue weighted by Crippen LogP contribution is -2.49. The van der Waals surface area contributed by atoms with Gasteiger partial charge in [0.2, 0.25) is 11.8 Å². The number of amides is 3. The van der Waals surface area contributed by atoms with Gasteiger partial charge in [-0.15, -0.1) is 0 Å². The Bertz CT molecular complexity index is 1210. The molecule has 1 aliphatic rings. The van der Waals surface area contributed by atoms with E-state index < -0.39 is 27.9 Å². The van der Waals surface area contributed by atoms with Crippen molar-refractivity contribution < 1.29 is 27.5 Å². The molecule has 1 atom stereocenters. The quantitative estimate of drug-likeness (QED) is 0.535. The Morgan fingerprint density at radius 2 is 1.80 bits per heavy atom. The molecule has 9 nitrogen and oxygen atoms in total. The highest BCUT2D eigenvalue weighted by molar-refractivity contribution is 7.90. The number of sulfonamides is 1. The first-order chi connectivity index (χ1) is 16.6. The van der Waals surface area contributed by atoms with Gasteiger partial charge in [-0.25, -0.2) is 12.7 Å². The van der Waals surface area contributed by atoms with Crippen molar-refractivity contribution in [2.75, 3.05) is 20.2 Å². The van der Waals surface area contributed by atoms with Gasteiger partial charge in [0.15, 0.2) is 0 Å². The third-order valence-corrected chi connectivity index (χ3v) is 7.62. The van der Waals surface area contributed by atoms with Crippen LogP contribution in [-0.2, 0) is 26.2 Å². The molecule has 0 aliphatic carbocycles. The van der Waals surface area contributed by atoms with Gasteiger partial charge in [-0.1, -0.05) is 38.1 Å². The average molecular weight is 502 g/mol. The SMILES string of the molecule is COc1cccc(CN(C(=O)CCN2C(=O)c3ccccc3S2(=O)=O)[C@@H](C)C(=O)NCC(C)C)c1. The van der Waals surface area contributed by atoms with Crippen LogP contribution in [0.3, 0.4) is 0 Å². The molecular weight excluding hydrogens is 470 g/mol. The molecule has 0 spiro atoms. The number of nitrogens with zero attached hydrogens (tertiary/aromatic N) is 2. The summed E-state index contributed by atoms with van der Waals surface area (Å²) < 4.78 is 31.6. The number of hydrogen-bond acceptors (Lipinski definition) is 6. The lowest BCUT2D eigenvalue weighted by atomic mass is 10.1. The zero-order valence-corrected chi connectivity index (χ0v) is 21.2. The molecule has 1 N–H and O–H groups in total. The van der Waals surface area contributed by atoms with E-state index >= 15 is 0 Å². The average Bonchev–Trinajstić information content (AvgIpc) is 3.04. The van der Waals surface area contributed by atoms with Crippen LogP contribution < -0.4 is 10.1 Å². The highest BCUT2D eigenvalue weighted by atomic mass is 32.2. The van der Waals surface area contributed by atoms with Crippen molar-refractivity contribution in [2.24, 2.45) is 5.92 Å². The highest BCUT2D eigenvalue weighted by Crippen LogP contribution is 2.30. The molecular formula is C25H31N3O6S. The van der Waals surface area contributed by atoms with E-state index in [1.807, 2.05) is 19.9 Å². The zero-order valence-electron chi connectivity index (χ0n) is 20.4. The van der Waals surface area contributed by atoms with E-state index in [1.54, 1.807) is 37.3 Å². The summed E-state index contributed by atoms with van der Waals surface area (Å²) >= 11 is 0. The van der Waals surface area contributed by atoms with Crippen LogP contribution in [0, 0.1) is 5.92 Å². The molecule has 3 rings (SSSR count). The van der Waals surface area contributed by atoms with E-state index in [0.29, 0.717) is 12.3 Å². The van der Waals surface area contributed by atoms with E-state index in [9.17, 15) is 22.8 Å². The molecule has 0 saturated heterocycles. The molecule has 0 saturated carbocycles. The van der Waals surface area contributed by atoms with Gasteiger partial charge in [0.05, 0.1) is 12.7 Å². The number of nitrogens with one attached hydrogen (secondary N) is 1. The molecule has 0 fully saturated rings. The topological polar surface area (TPSA) is 113 Å². The molecule has 1 heterocycles. The predicted molar refractivity (Wildman–Crippen MR) is 130 cm³/mol. The Labute approximate surface area is 206 Å². The number of ether oxygens (including phenoxy) is 1. The van der Waals surface area contributed by atoms with Gasteiger partial charge in [0, 0.05) is 26.1 Å². The molecule has 35 heavy (non-hydrogen) atoms. The van der Waals surface area contributed by atoms with Gasteiger partial charge in [-0.3, -0.25) is 14.4 Å².